The Labute approximate surface area is 108 Å². The second kappa shape index (κ2) is 7.82. The van der Waals surface area contributed by atoms with Gasteiger partial charge in [-0.1, -0.05) is 18.9 Å². The van der Waals surface area contributed by atoms with Gasteiger partial charge in [0.25, 0.3) is 5.91 Å². The maximum Gasteiger partial charge on any atom is 0.254 e. The lowest BCUT2D eigenvalue weighted by atomic mass is 10.1. The number of nitrogens with two attached hydrogens (primary N) is 1. The van der Waals surface area contributed by atoms with Crippen molar-refractivity contribution in [3.63, 3.8) is 0 Å². The zero-order valence-electron chi connectivity index (χ0n) is 10.8. The van der Waals surface area contributed by atoms with Crippen LogP contribution in [-0.4, -0.2) is 19.0 Å². The lowest BCUT2D eigenvalue weighted by Gasteiger charge is -2.06. The molecule has 0 atom stereocenters. The predicted molar refractivity (Wildman–Crippen MR) is 71.0 cm³/mol. The van der Waals surface area contributed by atoms with Crippen molar-refractivity contribution in [2.45, 2.75) is 32.6 Å². The van der Waals surface area contributed by atoms with E-state index in [0.717, 1.165) is 31.2 Å². The van der Waals surface area contributed by atoms with E-state index in [9.17, 15) is 9.18 Å². The Morgan fingerprint density at radius 1 is 1.28 bits per heavy atom. The topological polar surface area (TPSA) is 55.1 Å². The Balaban J connectivity index is 2.32. The summed E-state index contributed by atoms with van der Waals surface area (Å²) in [7, 11) is 0. The number of amides is 1. The quantitative estimate of drug-likeness (QED) is 0.732. The Kier molecular flexibility index (Phi) is 6.36. The summed E-state index contributed by atoms with van der Waals surface area (Å²) in [5.74, 6) is -0.804. The normalized spacial score (nSPS) is 10.4. The van der Waals surface area contributed by atoms with Gasteiger partial charge in [-0.3, -0.25) is 4.79 Å². The molecule has 0 aliphatic carbocycles. The van der Waals surface area contributed by atoms with E-state index in [1.807, 2.05) is 0 Å². The first kappa shape index (κ1) is 14.6. The van der Waals surface area contributed by atoms with E-state index in [4.69, 9.17) is 5.73 Å². The molecule has 3 nitrogen and oxygen atoms in total. The maximum absolute atomic E-state index is 13.5. The van der Waals surface area contributed by atoms with E-state index in [2.05, 4.69) is 5.32 Å². The third-order valence-corrected chi connectivity index (χ3v) is 2.79. The van der Waals surface area contributed by atoms with E-state index >= 15 is 0 Å². The van der Waals surface area contributed by atoms with Crippen LogP contribution in [0.4, 0.5) is 4.39 Å². The van der Waals surface area contributed by atoms with E-state index in [-0.39, 0.29) is 11.5 Å². The van der Waals surface area contributed by atoms with Gasteiger partial charge in [0.2, 0.25) is 0 Å². The second-order valence-corrected chi connectivity index (χ2v) is 4.44. The van der Waals surface area contributed by atoms with Gasteiger partial charge in [-0.2, -0.15) is 0 Å². The van der Waals surface area contributed by atoms with Gasteiger partial charge in [0.15, 0.2) is 0 Å². The average molecular weight is 252 g/mol. The molecule has 0 fully saturated rings. The van der Waals surface area contributed by atoms with Crippen molar-refractivity contribution < 1.29 is 9.18 Å². The number of aryl methyl sites for hydroxylation is 1. The number of rotatable bonds is 7. The monoisotopic (exact) mass is 252 g/mol. The van der Waals surface area contributed by atoms with Gasteiger partial charge in [0.05, 0.1) is 5.56 Å². The highest BCUT2D eigenvalue weighted by Crippen LogP contribution is 2.09. The van der Waals surface area contributed by atoms with Crippen LogP contribution < -0.4 is 11.1 Å². The molecule has 0 aliphatic rings. The lowest BCUT2D eigenvalue weighted by Crippen LogP contribution is -2.25. The summed E-state index contributed by atoms with van der Waals surface area (Å²) in [5, 5.41) is 2.73. The van der Waals surface area contributed by atoms with Crippen LogP contribution in [0.15, 0.2) is 18.2 Å². The molecule has 0 spiro atoms. The summed E-state index contributed by atoms with van der Waals surface area (Å²) in [4.78, 5) is 11.7. The van der Waals surface area contributed by atoms with Crippen LogP contribution in [0.25, 0.3) is 0 Å². The van der Waals surface area contributed by atoms with Crippen molar-refractivity contribution in [3.8, 4) is 0 Å². The first-order valence-electron chi connectivity index (χ1n) is 6.39. The Morgan fingerprint density at radius 2 is 2.00 bits per heavy atom. The summed E-state index contributed by atoms with van der Waals surface area (Å²) in [6.45, 7) is 3.08. The molecule has 1 aromatic rings. The minimum absolute atomic E-state index is 0.113. The van der Waals surface area contributed by atoms with Gasteiger partial charge in [-0.15, -0.1) is 0 Å². The molecule has 4 heteroatoms. The molecular weight excluding hydrogens is 231 g/mol. The number of carbonyl (C=O) groups is 1. The van der Waals surface area contributed by atoms with Crippen LogP contribution in [-0.2, 0) is 0 Å². The Bertz CT molecular complexity index is 393. The number of benzene rings is 1. The zero-order chi connectivity index (χ0) is 13.4. The molecule has 0 radical (unpaired) electrons. The zero-order valence-corrected chi connectivity index (χ0v) is 10.8. The molecule has 0 unspecified atom stereocenters. The lowest BCUT2D eigenvalue weighted by molar-refractivity contribution is 0.0949. The highest BCUT2D eigenvalue weighted by molar-refractivity contribution is 5.94. The van der Waals surface area contributed by atoms with Crippen molar-refractivity contribution in [3.05, 3.63) is 35.1 Å². The van der Waals surface area contributed by atoms with Crippen LogP contribution in [0.2, 0.25) is 0 Å². The minimum atomic E-state index is -0.462. The molecule has 1 aromatic carbocycles. The molecule has 100 valence electrons. The second-order valence-electron chi connectivity index (χ2n) is 4.44. The van der Waals surface area contributed by atoms with Gasteiger partial charge < -0.3 is 11.1 Å². The summed E-state index contributed by atoms with van der Waals surface area (Å²) in [6, 6.07) is 4.63. The number of nitrogens with one attached hydrogen (secondary N) is 1. The highest BCUT2D eigenvalue weighted by Gasteiger charge is 2.10. The minimum Gasteiger partial charge on any atom is -0.352 e. The van der Waals surface area contributed by atoms with E-state index in [1.165, 1.54) is 12.1 Å². The number of carbonyl (C=O) groups excluding carboxylic acids is 1. The summed E-state index contributed by atoms with van der Waals surface area (Å²) in [6.07, 6.45) is 4.03. The van der Waals surface area contributed by atoms with E-state index < -0.39 is 5.82 Å². The van der Waals surface area contributed by atoms with Crippen LogP contribution in [0.1, 0.15) is 41.6 Å². The molecular formula is C14H21FN2O. The van der Waals surface area contributed by atoms with Gasteiger partial charge in [0.1, 0.15) is 5.82 Å². The van der Waals surface area contributed by atoms with Crippen LogP contribution in [0.5, 0.6) is 0 Å². The number of unbranched alkanes of at least 4 members (excludes halogenated alkanes) is 3. The largest absolute Gasteiger partial charge is 0.352 e. The van der Waals surface area contributed by atoms with Crippen LogP contribution >= 0.6 is 0 Å². The summed E-state index contributed by atoms with van der Waals surface area (Å²) in [5.41, 5.74) is 6.31. The molecule has 0 saturated heterocycles. The molecule has 0 bridgehead atoms. The van der Waals surface area contributed by atoms with Crippen LogP contribution in [0, 0.1) is 12.7 Å². The Morgan fingerprint density at radius 3 is 2.67 bits per heavy atom. The molecule has 0 aliphatic heterocycles. The fraction of sp³-hybridized carbons (Fsp3) is 0.500. The third-order valence-electron chi connectivity index (χ3n) is 2.79. The molecule has 0 saturated carbocycles. The van der Waals surface area contributed by atoms with Gasteiger partial charge in [-0.05, 0) is 44.0 Å². The van der Waals surface area contributed by atoms with Crippen molar-refractivity contribution in [2.75, 3.05) is 13.1 Å². The predicted octanol–water partition coefficient (Wildman–Crippen LogP) is 2.38. The SMILES string of the molecule is Cc1ccc(C(=O)NCCCCCCN)c(F)c1. The molecule has 3 N–H and O–H groups in total. The van der Waals surface area contributed by atoms with Crippen molar-refractivity contribution in [1.82, 2.24) is 5.32 Å². The Hall–Kier alpha value is -1.42. The molecule has 0 aromatic heterocycles. The van der Waals surface area contributed by atoms with Crippen molar-refractivity contribution in [1.29, 1.82) is 0 Å². The maximum atomic E-state index is 13.5. The summed E-state index contributed by atoms with van der Waals surface area (Å²) < 4.78 is 13.5. The number of hydrogen-bond acceptors (Lipinski definition) is 2. The molecule has 1 rings (SSSR count). The van der Waals surface area contributed by atoms with Crippen LogP contribution in [0.3, 0.4) is 0 Å². The number of hydrogen-bond donors (Lipinski definition) is 2. The van der Waals surface area contributed by atoms with Crippen molar-refractivity contribution in [2.24, 2.45) is 5.73 Å². The number of halogens is 1. The fourth-order valence-corrected chi connectivity index (χ4v) is 1.72. The first-order chi connectivity index (χ1) is 8.65. The average Bonchev–Trinajstić information content (AvgIpc) is 2.33. The third kappa shape index (κ3) is 4.84. The van der Waals surface area contributed by atoms with Gasteiger partial charge >= 0.3 is 0 Å². The van der Waals surface area contributed by atoms with E-state index in [0.29, 0.717) is 13.1 Å². The van der Waals surface area contributed by atoms with E-state index in [1.54, 1.807) is 13.0 Å². The first-order valence-corrected chi connectivity index (χ1v) is 6.39. The van der Waals surface area contributed by atoms with Gasteiger partial charge in [-0.25, -0.2) is 4.39 Å². The molecule has 0 heterocycles. The van der Waals surface area contributed by atoms with Crippen molar-refractivity contribution >= 4 is 5.91 Å². The molecule has 18 heavy (non-hydrogen) atoms. The summed E-state index contributed by atoms with van der Waals surface area (Å²) >= 11 is 0. The van der Waals surface area contributed by atoms with Gasteiger partial charge in [0, 0.05) is 6.54 Å². The smallest absolute Gasteiger partial charge is 0.254 e. The fourth-order valence-electron chi connectivity index (χ4n) is 1.72. The highest BCUT2D eigenvalue weighted by atomic mass is 19.1. The standard InChI is InChI=1S/C14H21FN2O/c1-11-6-7-12(13(15)10-11)14(18)17-9-5-3-2-4-8-16/h6-7,10H,2-5,8-9,16H2,1H3,(H,17,18). The molecule has 1 amide bonds.